The topological polar surface area (TPSA) is 105 Å². The number of aromatic nitrogens is 4. The molecule has 20 heavy (non-hydrogen) atoms. The second-order valence-corrected chi connectivity index (χ2v) is 4.86. The van der Waals surface area contributed by atoms with E-state index in [-0.39, 0.29) is 11.9 Å². The summed E-state index contributed by atoms with van der Waals surface area (Å²) in [5, 5.41) is 22.0. The molecule has 1 aliphatic rings. The van der Waals surface area contributed by atoms with Crippen molar-refractivity contribution in [1.29, 1.82) is 0 Å². The number of halogens is 1. The number of aliphatic hydroxyl groups excluding tert-OH is 2. The van der Waals surface area contributed by atoms with Crippen LogP contribution in [0.15, 0.2) is 6.20 Å². The minimum Gasteiger partial charge on any atom is -0.394 e. The highest BCUT2D eigenvalue weighted by Gasteiger charge is 2.36. The van der Waals surface area contributed by atoms with Crippen molar-refractivity contribution in [2.75, 3.05) is 19.0 Å². The lowest BCUT2D eigenvalue weighted by Gasteiger charge is -2.14. The van der Waals surface area contributed by atoms with Crippen molar-refractivity contribution in [2.24, 2.45) is 0 Å². The third-order valence-corrected chi connectivity index (χ3v) is 3.55. The number of nitrogens with zero attached hydrogens (tertiary/aromatic N) is 4. The summed E-state index contributed by atoms with van der Waals surface area (Å²) in [6, 6.07) is 0. The molecule has 0 bridgehead atoms. The van der Waals surface area contributed by atoms with E-state index in [0.717, 1.165) is 0 Å². The Labute approximate surface area is 119 Å². The monoisotopic (exact) mass is 299 g/mol. The van der Waals surface area contributed by atoms with Gasteiger partial charge < -0.3 is 20.3 Å². The van der Waals surface area contributed by atoms with E-state index in [2.05, 4.69) is 20.3 Å². The van der Waals surface area contributed by atoms with Gasteiger partial charge in [0.15, 0.2) is 5.65 Å². The predicted molar refractivity (Wildman–Crippen MR) is 71.5 cm³/mol. The Kier molecular flexibility index (Phi) is 3.47. The van der Waals surface area contributed by atoms with Gasteiger partial charge >= 0.3 is 0 Å². The summed E-state index contributed by atoms with van der Waals surface area (Å²) in [4.78, 5) is 12.5. The van der Waals surface area contributed by atoms with Crippen LogP contribution in [-0.4, -0.2) is 55.6 Å². The molecule has 0 aliphatic carbocycles. The maximum atomic E-state index is 9.81. The van der Waals surface area contributed by atoms with E-state index < -0.39 is 18.4 Å². The second kappa shape index (κ2) is 5.13. The average Bonchev–Trinajstić information content (AvgIpc) is 2.96. The maximum absolute atomic E-state index is 9.81. The van der Waals surface area contributed by atoms with Crippen molar-refractivity contribution in [3.05, 3.63) is 11.5 Å². The van der Waals surface area contributed by atoms with Gasteiger partial charge in [-0.3, -0.25) is 4.57 Å². The summed E-state index contributed by atoms with van der Waals surface area (Å²) in [6.45, 7) is -0.251. The third kappa shape index (κ3) is 2.10. The fourth-order valence-electron chi connectivity index (χ4n) is 2.28. The van der Waals surface area contributed by atoms with Crippen LogP contribution in [0, 0.1) is 0 Å². The van der Waals surface area contributed by atoms with Crippen LogP contribution in [0.5, 0.6) is 0 Å². The lowest BCUT2D eigenvalue weighted by Crippen LogP contribution is -2.24. The average molecular weight is 300 g/mol. The fourth-order valence-corrected chi connectivity index (χ4v) is 2.56. The molecule has 0 unspecified atom stereocenters. The summed E-state index contributed by atoms with van der Waals surface area (Å²) < 4.78 is 7.18. The summed E-state index contributed by atoms with van der Waals surface area (Å²) in [7, 11) is 1.71. The summed E-state index contributed by atoms with van der Waals surface area (Å²) >= 11 is 6.12. The molecule has 3 rings (SSSR count). The molecule has 1 aliphatic heterocycles. The number of fused-ring (bicyclic) bond motifs is 1. The van der Waals surface area contributed by atoms with Gasteiger partial charge in [-0.05, 0) is 11.6 Å². The Morgan fingerprint density at radius 3 is 3.00 bits per heavy atom. The zero-order chi connectivity index (χ0) is 14.3. The number of hydrogen-bond acceptors (Lipinski definition) is 7. The molecule has 0 radical (unpaired) electrons. The SMILES string of the molecule is CNc1ncc2nc(Cl)n([C@H]3C[C@@H](O)[C@H](CO)O3)c2n1. The molecule has 9 heteroatoms. The fraction of sp³-hybridized carbons (Fsp3) is 0.545. The van der Waals surface area contributed by atoms with E-state index in [1.807, 2.05) is 0 Å². The van der Waals surface area contributed by atoms with Gasteiger partial charge in [0.1, 0.15) is 17.8 Å². The summed E-state index contributed by atoms with van der Waals surface area (Å²) in [5.41, 5.74) is 1.06. The van der Waals surface area contributed by atoms with Gasteiger partial charge in [0, 0.05) is 13.5 Å². The highest BCUT2D eigenvalue weighted by atomic mass is 35.5. The first-order valence-corrected chi connectivity index (χ1v) is 6.54. The van der Waals surface area contributed by atoms with Crippen molar-refractivity contribution < 1.29 is 14.9 Å². The molecule has 2 aromatic rings. The number of imidazole rings is 1. The first-order chi connectivity index (χ1) is 9.63. The Balaban J connectivity index is 2.04. The third-order valence-electron chi connectivity index (χ3n) is 3.29. The van der Waals surface area contributed by atoms with Crippen LogP contribution in [0.1, 0.15) is 12.6 Å². The Morgan fingerprint density at radius 2 is 2.35 bits per heavy atom. The van der Waals surface area contributed by atoms with Gasteiger partial charge in [-0.25, -0.2) is 9.97 Å². The maximum Gasteiger partial charge on any atom is 0.224 e. The van der Waals surface area contributed by atoms with Crippen molar-refractivity contribution in [3.63, 3.8) is 0 Å². The van der Waals surface area contributed by atoms with E-state index in [0.29, 0.717) is 23.5 Å². The van der Waals surface area contributed by atoms with E-state index >= 15 is 0 Å². The van der Waals surface area contributed by atoms with Gasteiger partial charge in [-0.15, -0.1) is 0 Å². The van der Waals surface area contributed by atoms with Crippen LogP contribution in [0.25, 0.3) is 11.2 Å². The van der Waals surface area contributed by atoms with Crippen LogP contribution < -0.4 is 5.32 Å². The molecule has 0 spiro atoms. The molecule has 1 saturated heterocycles. The van der Waals surface area contributed by atoms with E-state index in [1.54, 1.807) is 17.8 Å². The van der Waals surface area contributed by atoms with E-state index in [1.165, 1.54) is 0 Å². The van der Waals surface area contributed by atoms with Crippen molar-refractivity contribution in [3.8, 4) is 0 Å². The quantitative estimate of drug-likeness (QED) is 0.693. The Hall–Kier alpha value is -1.48. The van der Waals surface area contributed by atoms with E-state index in [9.17, 15) is 5.11 Å². The molecule has 8 nitrogen and oxygen atoms in total. The number of nitrogens with one attached hydrogen (secondary N) is 1. The largest absolute Gasteiger partial charge is 0.394 e. The molecule has 3 atom stereocenters. The van der Waals surface area contributed by atoms with Gasteiger partial charge in [0.2, 0.25) is 11.2 Å². The first kappa shape index (κ1) is 13.5. The molecule has 108 valence electrons. The molecule has 0 saturated carbocycles. The molecular formula is C11H14ClN5O3. The van der Waals surface area contributed by atoms with Gasteiger partial charge in [-0.2, -0.15) is 4.98 Å². The van der Waals surface area contributed by atoms with Crippen LogP contribution in [0.2, 0.25) is 5.28 Å². The highest BCUT2D eigenvalue weighted by molar-refractivity contribution is 6.29. The van der Waals surface area contributed by atoms with Crippen molar-refractivity contribution in [2.45, 2.75) is 24.9 Å². The standard InChI is InChI=1S/C11H14ClN5O3/c1-13-11-14-3-5-9(16-11)17(10(12)15-5)8-2-6(19)7(4-18)20-8/h3,6-8,18-19H,2,4H2,1H3,(H,13,14,16)/t6-,7+,8-/m1/s1. The van der Waals surface area contributed by atoms with Gasteiger partial charge in [0.05, 0.1) is 18.9 Å². The molecule has 1 fully saturated rings. The highest BCUT2D eigenvalue weighted by Crippen LogP contribution is 2.33. The molecule has 3 heterocycles. The Bertz CT molecular complexity index is 634. The predicted octanol–water partition coefficient (Wildman–Crippen LogP) is 0.162. The molecule has 2 aromatic heterocycles. The normalized spacial score (nSPS) is 26.3. The van der Waals surface area contributed by atoms with Gasteiger partial charge in [-0.1, -0.05) is 0 Å². The second-order valence-electron chi connectivity index (χ2n) is 4.52. The van der Waals surface area contributed by atoms with Crippen LogP contribution in [0.4, 0.5) is 5.95 Å². The minimum atomic E-state index is -0.746. The number of aliphatic hydroxyl groups is 2. The number of hydrogen-bond donors (Lipinski definition) is 3. The number of ether oxygens (including phenoxy) is 1. The molecule has 0 aromatic carbocycles. The smallest absolute Gasteiger partial charge is 0.224 e. The molecule has 3 N–H and O–H groups in total. The number of rotatable bonds is 3. The zero-order valence-electron chi connectivity index (χ0n) is 10.7. The van der Waals surface area contributed by atoms with Crippen LogP contribution >= 0.6 is 11.6 Å². The molecule has 0 amide bonds. The van der Waals surface area contributed by atoms with Crippen LogP contribution in [-0.2, 0) is 4.74 Å². The first-order valence-electron chi connectivity index (χ1n) is 6.16. The van der Waals surface area contributed by atoms with Gasteiger partial charge in [0.25, 0.3) is 0 Å². The lowest BCUT2D eigenvalue weighted by atomic mass is 10.2. The van der Waals surface area contributed by atoms with E-state index in [4.69, 9.17) is 21.4 Å². The summed E-state index contributed by atoms with van der Waals surface area (Å²) in [5.74, 6) is 0.438. The van der Waals surface area contributed by atoms with Crippen LogP contribution in [0.3, 0.4) is 0 Å². The summed E-state index contributed by atoms with van der Waals surface area (Å²) in [6.07, 6.45) is -0.0108. The number of anilines is 1. The molecular weight excluding hydrogens is 286 g/mol. The lowest BCUT2D eigenvalue weighted by molar-refractivity contribution is -0.0431. The zero-order valence-corrected chi connectivity index (χ0v) is 11.4. The minimum absolute atomic E-state index is 0.207. The Morgan fingerprint density at radius 1 is 1.55 bits per heavy atom. The van der Waals surface area contributed by atoms with Crippen molar-refractivity contribution >= 4 is 28.7 Å². The van der Waals surface area contributed by atoms with Crippen molar-refractivity contribution in [1.82, 2.24) is 19.5 Å².